The SMILES string of the molecule is Cc1ccc(OCc2nnn(C)n2)c(C(C)N)c1. The second kappa shape index (κ2) is 5.14. The number of tetrazole rings is 1. The molecule has 6 nitrogen and oxygen atoms in total. The van der Waals surface area contributed by atoms with E-state index in [0.29, 0.717) is 5.82 Å². The second-order valence-electron chi connectivity index (χ2n) is 4.31. The van der Waals surface area contributed by atoms with Crippen LogP contribution in [-0.2, 0) is 13.7 Å². The van der Waals surface area contributed by atoms with Crippen LogP contribution in [0.3, 0.4) is 0 Å². The molecule has 0 spiro atoms. The van der Waals surface area contributed by atoms with Gasteiger partial charge in [-0.15, -0.1) is 10.2 Å². The first kappa shape index (κ1) is 12.5. The number of ether oxygens (including phenoxy) is 1. The molecule has 2 aromatic rings. The fourth-order valence-corrected chi connectivity index (χ4v) is 1.68. The highest BCUT2D eigenvalue weighted by molar-refractivity contribution is 5.38. The molecule has 0 saturated heterocycles. The zero-order valence-corrected chi connectivity index (χ0v) is 10.8. The van der Waals surface area contributed by atoms with Gasteiger partial charge in [-0.2, -0.15) is 4.80 Å². The Bertz CT molecular complexity index is 535. The molecule has 6 heteroatoms. The third-order valence-corrected chi connectivity index (χ3v) is 2.56. The van der Waals surface area contributed by atoms with E-state index in [1.807, 2.05) is 32.0 Å². The summed E-state index contributed by atoms with van der Waals surface area (Å²) in [5.74, 6) is 1.32. The van der Waals surface area contributed by atoms with Gasteiger partial charge in [-0.3, -0.25) is 0 Å². The van der Waals surface area contributed by atoms with Crippen molar-refractivity contribution < 1.29 is 4.74 Å². The van der Waals surface area contributed by atoms with E-state index in [4.69, 9.17) is 10.5 Å². The lowest BCUT2D eigenvalue weighted by molar-refractivity contribution is 0.291. The molecule has 0 fully saturated rings. The zero-order chi connectivity index (χ0) is 13.1. The van der Waals surface area contributed by atoms with Gasteiger partial charge >= 0.3 is 0 Å². The van der Waals surface area contributed by atoms with Gasteiger partial charge in [0.1, 0.15) is 5.75 Å². The van der Waals surface area contributed by atoms with Crippen molar-refractivity contribution in [1.29, 1.82) is 0 Å². The Morgan fingerprint density at radius 2 is 2.22 bits per heavy atom. The molecule has 18 heavy (non-hydrogen) atoms. The van der Waals surface area contributed by atoms with Gasteiger partial charge in [0.25, 0.3) is 0 Å². The summed E-state index contributed by atoms with van der Waals surface area (Å²) in [4.78, 5) is 1.40. The number of nitrogens with two attached hydrogens (primary N) is 1. The molecular formula is C12H17N5O. The van der Waals surface area contributed by atoms with Crippen molar-refractivity contribution in [3.63, 3.8) is 0 Å². The summed E-state index contributed by atoms with van der Waals surface area (Å²) in [6, 6.07) is 5.87. The van der Waals surface area contributed by atoms with E-state index in [2.05, 4.69) is 15.4 Å². The summed E-state index contributed by atoms with van der Waals surface area (Å²) in [5, 5.41) is 11.7. The lowest BCUT2D eigenvalue weighted by Crippen LogP contribution is -2.09. The third kappa shape index (κ3) is 2.84. The summed E-state index contributed by atoms with van der Waals surface area (Å²) in [6.07, 6.45) is 0. The normalized spacial score (nSPS) is 12.4. The van der Waals surface area contributed by atoms with E-state index in [-0.39, 0.29) is 12.6 Å². The molecule has 2 rings (SSSR count). The number of aryl methyl sites for hydroxylation is 2. The van der Waals surface area contributed by atoms with Crippen LogP contribution in [0.25, 0.3) is 0 Å². The van der Waals surface area contributed by atoms with E-state index in [9.17, 15) is 0 Å². The molecule has 0 radical (unpaired) electrons. The van der Waals surface area contributed by atoms with Gasteiger partial charge in [-0.25, -0.2) is 0 Å². The van der Waals surface area contributed by atoms with Crippen molar-refractivity contribution in [2.45, 2.75) is 26.5 Å². The van der Waals surface area contributed by atoms with E-state index in [1.165, 1.54) is 4.80 Å². The quantitative estimate of drug-likeness (QED) is 0.875. The minimum atomic E-state index is -0.0743. The highest BCUT2D eigenvalue weighted by atomic mass is 16.5. The molecule has 96 valence electrons. The predicted molar refractivity (Wildman–Crippen MR) is 66.9 cm³/mol. The van der Waals surface area contributed by atoms with Crippen LogP contribution in [0, 0.1) is 6.92 Å². The molecule has 0 amide bonds. The maximum Gasteiger partial charge on any atom is 0.212 e. The van der Waals surface area contributed by atoms with E-state index >= 15 is 0 Å². The molecule has 2 N–H and O–H groups in total. The van der Waals surface area contributed by atoms with Crippen molar-refractivity contribution in [3.8, 4) is 5.75 Å². The minimum Gasteiger partial charge on any atom is -0.485 e. The number of hydrogen-bond donors (Lipinski definition) is 1. The van der Waals surface area contributed by atoms with Crippen LogP contribution in [0.2, 0.25) is 0 Å². The molecule has 0 bridgehead atoms. The number of nitrogens with zero attached hydrogens (tertiary/aromatic N) is 4. The van der Waals surface area contributed by atoms with Crippen LogP contribution in [0.5, 0.6) is 5.75 Å². The van der Waals surface area contributed by atoms with Gasteiger partial charge in [0, 0.05) is 11.6 Å². The van der Waals surface area contributed by atoms with Crippen molar-refractivity contribution in [1.82, 2.24) is 20.2 Å². The Labute approximate surface area is 106 Å². The topological polar surface area (TPSA) is 78.9 Å². The Balaban J connectivity index is 2.13. The second-order valence-corrected chi connectivity index (χ2v) is 4.31. The van der Waals surface area contributed by atoms with Crippen LogP contribution in [0.1, 0.15) is 29.9 Å². The van der Waals surface area contributed by atoms with E-state index < -0.39 is 0 Å². The van der Waals surface area contributed by atoms with E-state index in [0.717, 1.165) is 16.9 Å². The van der Waals surface area contributed by atoms with Gasteiger partial charge < -0.3 is 10.5 Å². The molecule has 1 aromatic heterocycles. The van der Waals surface area contributed by atoms with Gasteiger partial charge in [-0.1, -0.05) is 17.7 Å². The first-order valence-electron chi connectivity index (χ1n) is 5.78. The maximum absolute atomic E-state index is 5.93. The first-order chi connectivity index (χ1) is 8.56. The lowest BCUT2D eigenvalue weighted by Gasteiger charge is -2.13. The predicted octanol–water partition coefficient (Wildman–Crippen LogP) is 1.12. The van der Waals surface area contributed by atoms with Gasteiger partial charge in [0.05, 0.1) is 7.05 Å². The highest BCUT2D eigenvalue weighted by Crippen LogP contribution is 2.25. The summed E-state index contributed by atoms with van der Waals surface area (Å²) in [7, 11) is 1.72. The highest BCUT2D eigenvalue weighted by Gasteiger charge is 2.10. The Morgan fingerprint density at radius 3 is 2.83 bits per heavy atom. The van der Waals surface area contributed by atoms with E-state index in [1.54, 1.807) is 7.05 Å². The number of rotatable bonds is 4. The summed E-state index contributed by atoms with van der Waals surface area (Å²) in [6.45, 7) is 4.25. The van der Waals surface area contributed by atoms with Crippen LogP contribution in [-0.4, -0.2) is 20.2 Å². The standard InChI is InChI=1S/C12H17N5O/c1-8-4-5-11(10(6-8)9(2)13)18-7-12-14-16-17(3)15-12/h4-6,9H,7,13H2,1-3H3. The molecule has 1 unspecified atom stereocenters. The van der Waals surface area contributed by atoms with Crippen LogP contribution < -0.4 is 10.5 Å². The van der Waals surface area contributed by atoms with Crippen LogP contribution in [0.15, 0.2) is 18.2 Å². The molecule has 0 aliphatic heterocycles. The molecule has 0 aliphatic carbocycles. The summed E-state index contributed by atoms with van der Waals surface area (Å²) in [5.41, 5.74) is 8.07. The number of benzene rings is 1. The number of hydrogen-bond acceptors (Lipinski definition) is 5. The Kier molecular flexibility index (Phi) is 3.57. The number of aromatic nitrogens is 4. The summed E-state index contributed by atoms with van der Waals surface area (Å²) < 4.78 is 5.69. The van der Waals surface area contributed by atoms with Crippen molar-refractivity contribution in [3.05, 3.63) is 35.2 Å². The molecule has 0 aliphatic rings. The molecular weight excluding hydrogens is 230 g/mol. The van der Waals surface area contributed by atoms with Crippen molar-refractivity contribution in [2.75, 3.05) is 0 Å². The molecule has 1 heterocycles. The largest absolute Gasteiger partial charge is 0.485 e. The van der Waals surface area contributed by atoms with Gasteiger partial charge in [0.15, 0.2) is 6.61 Å². The average molecular weight is 247 g/mol. The maximum atomic E-state index is 5.93. The molecule has 0 saturated carbocycles. The smallest absolute Gasteiger partial charge is 0.212 e. The monoisotopic (exact) mass is 247 g/mol. The Morgan fingerprint density at radius 1 is 1.44 bits per heavy atom. The lowest BCUT2D eigenvalue weighted by atomic mass is 10.1. The van der Waals surface area contributed by atoms with Gasteiger partial charge in [0.2, 0.25) is 5.82 Å². The fraction of sp³-hybridized carbons (Fsp3) is 0.417. The molecule has 1 aromatic carbocycles. The van der Waals surface area contributed by atoms with Gasteiger partial charge in [-0.05, 0) is 25.1 Å². The average Bonchev–Trinajstić information content (AvgIpc) is 2.73. The zero-order valence-electron chi connectivity index (χ0n) is 10.8. The first-order valence-corrected chi connectivity index (χ1v) is 5.78. The summed E-state index contributed by atoms with van der Waals surface area (Å²) >= 11 is 0. The Hall–Kier alpha value is -1.95. The van der Waals surface area contributed by atoms with Crippen molar-refractivity contribution >= 4 is 0 Å². The fourth-order valence-electron chi connectivity index (χ4n) is 1.68. The van der Waals surface area contributed by atoms with Crippen molar-refractivity contribution in [2.24, 2.45) is 12.8 Å². The minimum absolute atomic E-state index is 0.0743. The molecule has 1 atom stereocenters. The van der Waals surface area contributed by atoms with Crippen LogP contribution >= 0.6 is 0 Å². The van der Waals surface area contributed by atoms with Crippen LogP contribution in [0.4, 0.5) is 0 Å². The third-order valence-electron chi connectivity index (χ3n) is 2.56.